The van der Waals surface area contributed by atoms with Gasteiger partial charge in [0.1, 0.15) is 5.69 Å². The van der Waals surface area contributed by atoms with Crippen LogP contribution in [0.5, 0.6) is 0 Å². The molecule has 1 aromatic heterocycles. The number of nitrogens with zero attached hydrogens (tertiary/aromatic N) is 2. The molecule has 0 bridgehead atoms. The molecule has 1 unspecified atom stereocenters. The van der Waals surface area contributed by atoms with Crippen LogP contribution in [0.25, 0.3) is 0 Å². The van der Waals surface area contributed by atoms with Crippen LogP contribution >= 0.6 is 11.6 Å². The molecule has 2 N–H and O–H groups in total. The van der Waals surface area contributed by atoms with Gasteiger partial charge in [-0.1, -0.05) is 18.5 Å². The summed E-state index contributed by atoms with van der Waals surface area (Å²) in [6.07, 6.45) is 2.28. The van der Waals surface area contributed by atoms with Crippen molar-refractivity contribution in [1.29, 1.82) is 0 Å². The first-order valence-electron chi connectivity index (χ1n) is 4.10. The lowest BCUT2D eigenvalue weighted by Crippen LogP contribution is -2.25. The van der Waals surface area contributed by atoms with Crippen molar-refractivity contribution < 1.29 is 0 Å². The van der Waals surface area contributed by atoms with E-state index in [1.807, 2.05) is 13.8 Å². The summed E-state index contributed by atoms with van der Waals surface area (Å²) in [5.74, 6) is 0. The minimum atomic E-state index is -0.269. The third kappa shape index (κ3) is 1.83. The molecule has 13 heavy (non-hydrogen) atoms. The molecule has 1 rings (SSSR count). The summed E-state index contributed by atoms with van der Waals surface area (Å²) in [6.45, 7) is 3.92. The van der Waals surface area contributed by atoms with E-state index in [4.69, 9.17) is 17.3 Å². The van der Waals surface area contributed by atoms with Gasteiger partial charge in [0.05, 0.1) is 6.33 Å². The summed E-state index contributed by atoms with van der Waals surface area (Å²) in [6, 6.07) is 0.0968. The van der Waals surface area contributed by atoms with E-state index in [0.29, 0.717) is 0 Å². The lowest BCUT2D eigenvalue weighted by atomic mass is 10.2. The predicted octanol–water partition coefficient (Wildman–Crippen LogP) is 1.45. The fraction of sp³-hybridized carbons (Fsp3) is 0.500. The van der Waals surface area contributed by atoms with Crippen LogP contribution < -0.4 is 11.3 Å². The molecule has 0 aromatic carbocycles. The fourth-order valence-corrected chi connectivity index (χ4v) is 1.10. The molecule has 1 heterocycles. The van der Waals surface area contributed by atoms with Crippen LogP contribution in [0.4, 0.5) is 5.69 Å². The average molecular weight is 202 g/mol. The zero-order valence-electron chi connectivity index (χ0n) is 7.62. The molecule has 0 spiro atoms. The maximum absolute atomic E-state index is 11.5. The highest BCUT2D eigenvalue weighted by Gasteiger charge is 2.09. The summed E-state index contributed by atoms with van der Waals surface area (Å²) in [5, 5.41) is 0.0737. The molecule has 4 nitrogen and oxygen atoms in total. The van der Waals surface area contributed by atoms with Crippen LogP contribution in [0.1, 0.15) is 26.3 Å². The van der Waals surface area contributed by atoms with E-state index in [1.165, 1.54) is 10.9 Å². The van der Waals surface area contributed by atoms with Crippen LogP contribution in [0, 0.1) is 0 Å². The number of hydrogen-bond acceptors (Lipinski definition) is 3. The third-order valence-corrected chi connectivity index (χ3v) is 2.35. The zero-order valence-corrected chi connectivity index (χ0v) is 8.38. The minimum absolute atomic E-state index is 0.0180. The number of aromatic nitrogens is 2. The minimum Gasteiger partial charge on any atom is -0.392 e. The van der Waals surface area contributed by atoms with Gasteiger partial charge in [-0.05, 0) is 13.3 Å². The zero-order chi connectivity index (χ0) is 10.0. The maximum atomic E-state index is 11.5. The molecule has 0 radical (unpaired) electrons. The smallest absolute Gasteiger partial charge is 0.278 e. The largest absolute Gasteiger partial charge is 0.392 e. The summed E-state index contributed by atoms with van der Waals surface area (Å²) in [7, 11) is 0. The van der Waals surface area contributed by atoms with Gasteiger partial charge >= 0.3 is 0 Å². The van der Waals surface area contributed by atoms with Gasteiger partial charge in [-0.15, -0.1) is 0 Å². The van der Waals surface area contributed by atoms with E-state index in [0.717, 1.165) is 6.42 Å². The Bertz CT molecular complexity index is 361. The fourth-order valence-electron chi connectivity index (χ4n) is 0.973. The van der Waals surface area contributed by atoms with Gasteiger partial charge in [-0.3, -0.25) is 9.36 Å². The van der Waals surface area contributed by atoms with Crippen LogP contribution in [0.15, 0.2) is 11.1 Å². The summed E-state index contributed by atoms with van der Waals surface area (Å²) >= 11 is 5.58. The van der Waals surface area contributed by atoms with Crippen molar-refractivity contribution in [2.24, 2.45) is 0 Å². The van der Waals surface area contributed by atoms with E-state index in [1.54, 1.807) is 0 Å². The number of nitrogen functional groups attached to an aromatic ring is 1. The molecule has 0 aliphatic rings. The highest BCUT2D eigenvalue weighted by atomic mass is 35.5. The topological polar surface area (TPSA) is 60.9 Å². The van der Waals surface area contributed by atoms with Crippen molar-refractivity contribution in [2.45, 2.75) is 26.3 Å². The number of anilines is 1. The summed E-state index contributed by atoms with van der Waals surface area (Å²) < 4.78 is 1.49. The Morgan fingerprint density at radius 2 is 2.38 bits per heavy atom. The third-order valence-electron chi connectivity index (χ3n) is 2.05. The number of hydrogen-bond donors (Lipinski definition) is 1. The second kappa shape index (κ2) is 3.79. The van der Waals surface area contributed by atoms with Gasteiger partial charge in [0.2, 0.25) is 0 Å². The van der Waals surface area contributed by atoms with Crippen LogP contribution in [-0.2, 0) is 0 Å². The van der Waals surface area contributed by atoms with Crippen molar-refractivity contribution in [3.05, 3.63) is 21.8 Å². The van der Waals surface area contributed by atoms with Gasteiger partial charge in [0, 0.05) is 6.04 Å². The molecule has 0 aliphatic heterocycles. The highest BCUT2D eigenvalue weighted by molar-refractivity contribution is 6.31. The SMILES string of the molecule is CCC(C)n1cnc(Cl)c(N)c1=O. The quantitative estimate of drug-likeness (QED) is 0.737. The Kier molecular flexibility index (Phi) is 2.93. The van der Waals surface area contributed by atoms with Gasteiger partial charge < -0.3 is 5.73 Å². The van der Waals surface area contributed by atoms with Crippen LogP contribution in [0.2, 0.25) is 5.15 Å². The van der Waals surface area contributed by atoms with E-state index in [9.17, 15) is 4.79 Å². The highest BCUT2D eigenvalue weighted by Crippen LogP contribution is 2.12. The van der Waals surface area contributed by atoms with Gasteiger partial charge in [0.25, 0.3) is 5.56 Å². The lowest BCUT2D eigenvalue weighted by molar-refractivity contribution is 0.508. The second-order valence-corrected chi connectivity index (χ2v) is 3.28. The van der Waals surface area contributed by atoms with E-state index >= 15 is 0 Å². The molecule has 0 amide bonds. The van der Waals surface area contributed by atoms with Crippen molar-refractivity contribution >= 4 is 17.3 Å². The predicted molar refractivity (Wildman–Crippen MR) is 52.9 cm³/mol. The Morgan fingerprint density at radius 3 is 2.92 bits per heavy atom. The normalized spacial score (nSPS) is 12.8. The van der Waals surface area contributed by atoms with Gasteiger partial charge in [0.15, 0.2) is 5.15 Å². The second-order valence-electron chi connectivity index (χ2n) is 2.92. The molecular weight excluding hydrogens is 190 g/mol. The van der Waals surface area contributed by atoms with Crippen molar-refractivity contribution in [1.82, 2.24) is 9.55 Å². The molecule has 1 aromatic rings. The summed E-state index contributed by atoms with van der Waals surface area (Å²) in [5.41, 5.74) is 5.20. The van der Waals surface area contributed by atoms with Crippen LogP contribution in [-0.4, -0.2) is 9.55 Å². The molecular formula is C8H12ClN3O. The van der Waals surface area contributed by atoms with Crippen LogP contribution in [0.3, 0.4) is 0 Å². The summed E-state index contributed by atoms with van der Waals surface area (Å²) in [4.78, 5) is 15.3. The Labute approximate surface area is 81.3 Å². The Hall–Kier alpha value is -1.03. The van der Waals surface area contributed by atoms with E-state index < -0.39 is 0 Å². The first kappa shape index (κ1) is 10.1. The first-order valence-corrected chi connectivity index (χ1v) is 4.47. The monoisotopic (exact) mass is 201 g/mol. The molecule has 0 fully saturated rings. The molecule has 1 atom stereocenters. The van der Waals surface area contributed by atoms with Crippen molar-refractivity contribution in [2.75, 3.05) is 5.73 Å². The first-order chi connectivity index (χ1) is 6.07. The van der Waals surface area contributed by atoms with Crippen molar-refractivity contribution in [3.8, 4) is 0 Å². The molecule has 5 heteroatoms. The van der Waals surface area contributed by atoms with Gasteiger partial charge in [-0.25, -0.2) is 4.98 Å². The Morgan fingerprint density at radius 1 is 1.77 bits per heavy atom. The van der Waals surface area contributed by atoms with E-state index in [-0.39, 0.29) is 22.4 Å². The number of halogens is 1. The average Bonchev–Trinajstić information content (AvgIpc) is 2.13. The standard InChI is InChI=1S/C8H12ClN3O/c1-3-5(2)12-4-11-7(9)6(10)8(12)13/h4-5H,3,10H2,1-2H3. The Balaban J connectivity index is 3.26. The number of nitrogens with two attached hydrogens (primary N) is 1. The molecule has 72 valence electrons. The lowest BCUT2D eigenvalue weighted by Gasteiger charge is -2.12. The molecule has 0 aliphatic carbocycles. The maximum Gasteiger partial charge on any atom is 0.278 e. The molecule has 0 saturated carbocycles. The molecule has 0 saturated heterocycles. The number of rotatable bonds is 2. The van der Waals surface area contributed by atoms with E-state index in [2.05, 4.69) is 4.98 Å². The van der Waals surface area contributed by atoms with Crippen molar-refractivity contribution in [3.63, 3.8) is 0 Å². The van der Waals surface area contributed by atoms with Gasteiger partial charge in [-0.2, -0.15) is 0 Å².